The number of rotatable bonds is 11. The number of hydroxylamine groups is 2. The fraction of sp³-hybridized carbons (Fsp3) is 0.375. The number of nitrogens with zero attached hydrogens (tertiary/aromatic N) is 7. The summed E-state index contributed by atoms with van der Waals surface area (Å²) in [5.74, 6) is 1.05. The zero-order valence-corrected chi connectivity index (χ0v) is 20.6. The van der Waals surface area contributed by atoms with Gasteiger partial charge in [-0.15, -0.1) is 0 Å². The Balaban J connectivity index is 1.32. The first kappa shape index (κ1) is 25.6. The van der Waals surface area contributed by atoms with Gasteiger partial charge in [-0.3, -0.25) is 15.0 Å². The Morgan fingerprint density at radius 1 is 0.972 bits per heavy atom. The van der Waals surface area contributed by atoms with E-state index < -0.39 is 16.1 Å². The van der Waals surface area contributed by atoms with Crippen molar-refractivity contribution in [3.05, 3.63) is 67.0 Å². The highest BCUT2D eigenvalue weighted by atomic mass is 32.2. The molecule has 1 aliphatic heterocycles. The highest BCUT2D eigenvalue weighted by Gasteiger charge is 2.31. The molecule has 36 heavy (non-hydrogen) atoms. The number of pyridine rings is 2. The SMILES string of the molecule is O=CN(O)C(CCCc1ncccn1)CS(=O)(=O)N1CCN(c2ccc(-c3ccccn3)cn2)CC1. The van der Waals surface area contributed by atoms with E-state index in [1.807, 2.05) is 35.2 Å². The van der Waals surface area contributed by atoms with E-state index in [4.69, 9.17) is 0 Å². The van der Waals surface area contributed by atoms with E-state index in [1.54, 1.807) is 30.9 Å². The third-order valence-corrected chi connectivity index (χ3v) is 8.06. The molecule has 3 aromatic rings. The Bertz CT molecular complexity index is 1210. The van der Waals surface area contributed by atoms with Crippen molar-refractivity contribution in [2.24, 2.45) is 0 Å². The van der Waals surface area contributed by atoms with Crippen LogP contribution in [-0.2, 0) is 21.2 Å². The summed E-state index contributed by atoms with van der Waals surface area (Å²) in [6, 6.07) is 10.4. The van der Waals surface area contributed by atoms with Crippen LogP contribution in [0.15, 0.2) is 61.2 Å². The van der Waals surface area contributed by atoms with Gasteiger partial charge in [0.25, 0.3) is 0 Å². The van der Waals surface area contributed by atoms with Gasteiger partial charge in [-0.05, 0) is 43.2 Å². The second-order valence-electron chi connectivity index (χ2n) is 8.48. The van der Waals surface area contributed by atoms with Gasteiger partial charge in [0.15, 0.2) is 0 Å². The van der Waals surface area contributed by atoms with Gasteiger partial charge >= 0.3 is 0 Å². The molecule has 1 atom stereocenters. The minimum atomic E-state index is -3.69. The summed E-state index contributed by atoms with van der Waals surface area (Å²) >= 11 is 0. The van der Waals surface area contributed by atoms with Gasteiger partial charge in [0.2, 0.25) is 16.4 Å². The first-order chi connectivity index (χ1) is 17.5. The molecule has 1 unspecified atom stereocenters. The summed E-state index contributed by atoms with van der Waals surface area (Å²) in [6.07, 6.45) is 8.38. The third-order valence-electron chi connectivity index (χ3n) is 6.11. The van der Waals surface area contributed by atoms with Gasteiger partial charge in [0, 0.05) is 63.0 Å². The molecular weight excluding hydrogens is 482 g/mol. The molecule has 4 heterocycles. The lowest BCUT2D eigenvalue weighted by Gasteiger charge is -2.35. The first-order valence-electron chi connectivity index (χ1n) is 11.7. The summed E-state index contributed by atoms with van der Waals surface area (Å²) in [6.45, 7) is 1.57. The molecule has 0 bridgehead atoms. The molecule has 3 aromatic heterocycles. The predicted octanol–water partition coefficient (Wildman–Crippen LogP) is 1.62. The molecular formula is C24H29N7O4S. The highest BCUT2D eigenvalue weighted by Crippen LogP contribution is 2.21. The van der Waals surface area contributed by atoms with Crippen LogP contribution < -0.4 is 4.90 Å². The van der Waals surface area contributed by atoms with Crippen LogP contribution in [0.25, 0.3) is 11.3 Å². The second kappa shape index (κ2) is 12.0. The van der Waals surface area contributed by atoms with Crippen LogP contribution in [0.3, 0.4) is 0 Å². The zero-order valence-electron chi connectivity index (χ0n) is 19.8. The standard InChI is InChI=1S/C24H29N7O4S/c32-19-31(33)21(5-3-7-23-26-11-4-12-27-23)18-36(34,35)30-15-13-29(14-16-30)24-9-8-20(17-28-24)22-6-1-2-10-25-22/h1-2,4,6,8-12,17,19,21,33H,3,5,7,13-16,18H2. The molecule has 0 saturated carbocycles. The zero-order chi connectivity index (χ0) is 25.4. The fourth-order valence-electron chi connectivity index (χ4n) is 4.13. The van der Waals surface area contributed by atoms with E-state index in [0.717, 1.165) is 17.1 Å². The normalized spacial score (nSPS) is 15.4. The van der Waals surface area contributed by atoms with Crippen molar-refractivity contribution in [2.45, 2.75) is 25.3 Å². The quantitative estimate of drug-likeness (QED) is 0.232. The van der Waals surface area contributed by atoms with E-state index in [1.165, 1.54) is 4.31 Å². The lowest BCUT2D eigenvalue weighted by atomic mass is 10.1. The maximum atomic E-state index is 13.1. The Morgan fingerprint density at radius 3 is 2.36 bits per heavy atom. The van der Waals surface area contributed by atoms with Crippen LogP contribution in [-0.4, -0.2) is 87.3 Å². The monoisotopic (exact) mass is 511 g/mol. The van der Waals surface area contributed by atoms with E-state index in [0.29, 0.717) is 56.3 Å². The van der Waals surface area contributed by atoms with Gasteiger partial charge < -0.3 is 4.90 Å². The van der Waals surface area contributed by atoms with E-state index in [-0.39, 0.29) is 12.2 Å². The third kappa shape index (κ3) is 6.59. The van der Waals surface area contributed by atoms with Gasteiger partial charge in [0.1, 0.15) is 11.6 Å². The lowest BCUT2D eigenvalue weighted by Crippen LogP contribution is -2.51. The van der Waals surface area contributed by atoms with Crippen LogP contribution >= 0.6 is 0 Å². The number of amides is 1. The average Bonchev–Trinajstić information content (AvgIpc) is 2.93. The molecule has 1 amide bonds. The smallest absolute Gasteiger partial charge is 0.233 e. The van der Waals surface area contributed by atoms with Crippen molar-refractivity contribution < 1.29 is 18.4 Å². The number of sulfonamides is 1. The van der Waals surface area contributed by atoms with Crippen LogP contribution in [0.1, 0.15) is 18.7 Å². The lowest BCUT2D eigenvalue weighted by molar-refractivity contribution is -0.158. The number of piperazine rings is 1. The Hall–Kier alpha value is -3.48. The molecule has 4 rings (SSSR count). The summed E-state index contributed by atoms with van der Waals surface area (Å²) in [5, 5.41) is 10.5. The number of anilines is 1. The molecule has 190 valence electrons. The van der Waals surface area contributed by atoms with E-state index in [2.05, 4.69) is 19.9 Å². The Labute approximate surface area is 210 Å². The molecule has 0 radical (unpaired) electrons. The fourth-order valence-corrected chi connectivity index (χ4v) is 5.87. The maximum Gasteiger partial charge on any atom is 0.233 e. The highest BCUT2D eigenvalue weighted by molar-refractivity contribution is 7.89. The van der Waals surface area contributed by atoms with Crippen molar-refractivity contribution in [2.75, 3.05) is 36.8 Å². The second-order valence-corrected chi connectivity index (χ2v) is 10.5. The molecule has 1 fully saturated rings. The largest absolute Gasteiger partial charge is 0.354 e. The summed E-state index contributed by atoms with van der Waals surface area (Å²) in [5.41, 5.74) is 1.75. The topological polar surface area (TPSA) is 133 Å². The van der Waals surface area contributed by atoms with Crippen LogP contribution in [0.2, 0.25) is 0 Å². The van der Waals surface area contributed by atoms with Crippen LogP contribution in [0, 0.1) is 0 Å². The molecule has 0 aliphatic carbocycles. The number of aryl methyl sites for hydroxylation is 1. The van der Waals surface area contributed by atoms with Crippen molar-refractivity contribution in [3.63, 3.8) is 0 Å². The molecule has 1 aliphatic rings. The van der Waals surface area contributed by atoms with Crippen LogP contribution in [0.4, 0.5) is 5.82 Å². The Morgan fingerprint density at radius 2 is 1.72 bits per heavy atom. The number of carbonyl (C=O) groups excluding carboxylic acids is 1. The van der Waals surface area contributed by atoms with Crippen LogP contribution in [0.5, 0.6) is 0 Å². The van der Waals surface area contributed by atoms with Crippen molar-refractivity contribution in [1.29, 1.82) is 0 Å². The number of hydrogen-bond donors (Lipinski definition) is 1. The van der Waals surface area contributed by atoms with E-state index >= 15 is 0 Å². The molecule has 1 saturated heterocycles. The molecule has 0 aromatic carbocycles. The number of hydrogen-bond acceptors (Lipinski definition) is 9. The Kier molecular flexibility index (Phi) is 8.52. The molecule has 12 heteroatoms. The predicted molar refractivity (Wildman–Crippen MR) is 133 cm³/mol. The first-order valence-corrected chi connectivity index (χ1v) is 13.4. The molecule has 11 nitrogen and oxygen atoms in total. The number of aromatic nitrogens is 4. The summed E-state index contributed by atoms with van der Waals surface area (Å²) < 4.78 is 27.6. The number of carbonyl (C=O) groups is 1. The van der Waals surface area contributed by atoms with Gasteiger partial charge in [-0.2, -0.15) is 4.31 Å². The van der Waals surface area contributed by atoms with E-state index in [9.17, 15) is 18.4 Å². The van der Waals surface area contributed by atoms with Gasteiger partial charge in [-0.1, -0.05) is 6.07 Å². The van der Waals surface area contributed by atoms with Crippen molar-refractivity contribution >= 4 is 22.3 Å². The average molecular weight is 512 g/mol. The van der Waals surface area contributed by atoms with Crippen molar-refractivity contribution in [1.82, 2.24) is 29.3 Å². The van der Waals surface area contributed by atoms with Gasteiger partial charge in [0.05, 0.1) is 17.5 Å². The van der Waals surface area contributed by atoms with Gasteiger partial charge in [-0.25, -0.2) is 28.4 Å². The maximum absolute atomic E-state index is 13.1. The minimum Gasteiger partial charge on any atom is -0.354 e. The minimum absolute atomic E-state index is 0.247. The summed E-state index contributed by atoms with van der Waals surface area (Å²) in [4.78, 5) is 30.4. The molecule has 1 N–H and O–H groups in total. The summed E-state index contributed by atoms with van der Waals surface area (Å²) in [7, 11) is -3.69. The van der Waals surface area contributed by atoms with Crippen molar-refractivity contribution in [3.8, 4) is 11.3 Å². The molecule has 0 spiro atoms.